The monoisotopic (exact) mass is 345 g/mol. The van der Waals surface area contributed by atoms with Crippen molar-refractivity contribution in [1.29, 1.82) is 0 Å². The average molecular weight is 345 g/mol. The van der Waals surface area contributed by atoms with Crippen molar-refractivity contribution in [2.24, 2.45) is 0 Å². The highest BCUT2D eigenvalue weighted by Gasteiger charge is 2.35. The van der Waals surface area contributed by atoms with E-state index in [1.54, 1.807) is 14.1 Å². The standard InChI is InChI=1S/C15H18F3N3O3/c1-20(2)14(23)11-4-3-7-21(11)13(22)10-5-6-12(19-8-10)24-9-15(16,17)18/h5-6,8,11H,3-4,7,9H2,1-2H3. The smallest absolute Gasteiger partial charge is 0.422 e. The van der Waals surface area contributed by atoms with E-state index in [1.165, 1.54) is 21.9 Å². The quantitative estimate of drug-likeness (QED) is 0.834. The van der Waals surface area contributed by atoms with E-state index < -0.39 is 18.8 Å². The molecule has 1 unspecified atom stereocenters. The number of hydrogen-bond acceptors (Lipinski definition) is 4. The van der Waals surface area contributed by atoms with Crippen molar-refractivity contribution in [1.82, 2.24) is 14.8 Å². The second-order valence-corrected chi connectivity index (χ2v) is 5.68. The molecule has 0 N–H and O–H groups in total. The van der Waals surface area contributed by atoms with Gasteiger partial charge in [0.2, 0.25) is 11.8 Å². The predicted molar refractivity (Wildman–Crippen MR) is 78.5 cm³/mol. The molecule has 24 heavy (non-hydrogen) atoms. The summed E-state index contributed by atoms with van der Waals surface area (Å²) in [7, 11) is 3.25. The molecule has 2 heterocycles. The summed E-state index contributed by atoms with van der Waals surface area (Å²) in [6.45, 7) is -0.992. The van der Waals surface area contributed by atoms with Crippen LogP contribution >= 0.6 is 0 Å². The summed E-state index contributed by atoms with van der Waals surface area (Å²) in [4.78, 5) is 31.2. The average Bonchev–Trinajstić information content (AvgIpc) is 3.00. The molecule has 1 aromatic rings. The highest BCUT2D eigenvalue weighted by atomic mass is 19.4. The molecule has 1 atom stereocenters. The van der Waals surface area contributed by atoms with Crippen molar-refractivity contribution >= 4 is 11.8 Å². The Morgan fingerprint density at radius 3 is 2.62 bits per heavy atom. The number of nitrogens with zero attached hydrogens (tertiary/aromatic N) is 3. The zero-order chi connectivity index (χ0) is 17.9. The molecule has 9 heteroatoms. The van der Waals surface area contributed by atoms with Crippen LogP contribution in [-0.2, 0) is 4.79 Å². The molecule has 1 aromatic heterocycles. The van der Waals surface area contributed by atoms with Crippen LogP contribution in [0.4, 0.5) is 13.2 Å². The first kappa shape index (κ1) is 18.0. The van der Waals surface area contributed by atoms with E-state index in [2.05, 4.69) is 9.72 Å². The van der Waals surface area contributed by atoms with Gasteiger partial charge in [0.1, 0.15) is 6.04 Å². The third kappa shape index (κ3) is 4.36. The van der Waals surface area contributed by atoms with E-state index in [4.69, 9.17) is 0 Å². The maximum atomic E-state index is 12.5. The van der Waals surface area contributed by atoms with E-state index in [9.17, 15) is 22.8 Å². The number of amides is 2. The number of likely N-dealkylation sites (N-methyl/N-ethyl adjacent to an activating group) is 1. The van der Waals surface area contributed by atoms with Crippen LogP contribution in [0.25, 0.3) is 0 Å². The lowest BCUT2D eigenvalue weighted by atomic mass is 10.1. The Bertz CT molecular complexity index is 602. The number of carbonyl (C=O) groups is 2. The van der Waals surface area contributed by atoms with Crippen LogP contribution in [0.1, 0.15) is 23.2 Å². The molecule has 1 aliphatic heterocycles. The number of pyridine rings is 1. The largest absolute Gasteiger partial charge is 0.468 e. The van der Waals surface area contributed by atoms with Crippen LogP contribution in [0.15, 0.2) is 18.3 Å². The minimum absolute atomic E-state index is 0.154. The number of aromatic nitrogens is 1. The molecule has 1 saturated heterocycles. The number of likely N-dealkylation sites (tertiary alicyclic amines) is 1. The summed E-state index contributed by atoms with van der Waals surface area (Å²) >= 11 is 0. The van der Waals surface area contributed by atoms with Crippen molar-refractivity contribution in [2.45, 2.75) is 25.1 Å². The molecule has 1 aliphatic rings. The third-order valence-corrected chi connectivity index (χ3v) is 3.61. The van der Waals surface area contributed by atoms with Gasteiger partial charge in [0.15, 0.2) is 6.61 Å². The lowest BCUT2D eigenvalue weighted by Crippen LogP contribution is -2.45. The van der Waals surface area contributed by atoms with Crippen molar-refractivity contribution in [3.05, 3.63) is 23.9 Å². The Labute approximate surface area is 137 Å². The molecule has 0 aromatic carbocycles. The summed E-state index contributed by atoms with van der Waals surface area (Å²) in [5.74, 6) is -0.743. The van der Waals surface area contributed by atoms with E-state index >= 15 is 0 Å². The molecule has 2 rings (SSSR count). The van der Waals surface area contributed by atoms with Crippen LogP contribution in [0.2, 0.25) is 0 Å². The molecule has 132 valence electrons. The van der Waals surface area contributed by atoms with Crippen LogP contribution in [-0.4, -0.2) is 66.1 Å². The SMILES string of the molecule is CN(C)C(=O)C1CCCN1C(=O)c1ccc(OCC(F)(F)F)nc1. The predicted octanol–water partition coefficient (Wildman–Crippen LogP) is 1.72. The summed E-state index contributed by atoms with van der Waals surface area (Å²) in [5, 5.41) is 0. The number of halogens is 3. The molecule has 0 radical (unpaired) electrons. The Hall–Kier alpha value is -2.32. The number of carbonyl (C=O) groups excluding carboxylic acids is 2. The van der Waals surface area contributed by atoms with Gasteiger partial charge >= 0.3 is 6.18 Å². The molecule has 2 amide bonds. The van der Waals surface area contributed by atoms with Crippen molar-refractivity contribution in [3.63, 3.8) is 0 Å². The third-order valence-electron chi connectivity index (χ3n) is 3.61. The Morgan fingerprint density at radius 2 is 2.08 bits per heavy atom. The minimum atomic E-state index is -4.45. The molecule has 6 nitrogen and oxygen atoms in total. The molecule has 0 spiro atoms. The van der Waals surface area contributed by atoms with E-state index in [-0.39, 0.29) is 23.3 Å². The highest BCUT2D eigenvalue weighted by Crippen LogP contribution is 2.22. The first-order valence-electron chi connectivity index (χ1n) is 7.37. The molecule has 0 saturated carbocycles. The molecular formula is C15H18F3N3O3. The van der Waals surface area contributed by atoms with Crippen LogP contribution in [0.5, 0.6) is 5.88 Å². The second-order valence-electron chi connectivity index (χ2n) is 5.68. The fourth-order valence-corrected chi connectivity index (χ4v) is 2.48. The van der Waals surface area contributed by atoms with E-state index in [0.717, 1.165) is 12.6 Å². The van der Waals surface area contributed by atoms with Crippen molar-refractivity contribution in [2.75, 3.05) is 27.2 Å². The second kappa shape index (κ2) is 7.06. The zero-order valence-electron chi connectivity index (χ0n) is 13.3. The fourth-order valence-electron chi connectivity index (χ4n) is 2.48. The first-order valence-corrected chi connectivity index (χ1v) is 7.37. The maximum Gasteiger partial charge on any atom is 0.422 e. The van der Waals surface area contributed by atoms with Gasteiger partial charge in [0, 0.05) is 32.9 Å². The van der Waals surface area contributed by atoms with E-state index in [0.29, 0.717) is 13.0 Å². The van der Waals surface area contributed by atoms with Gasteiger partial charge in [-0.1, -0.05) is 0 Å². The Balaban J connectivity index is 2.05. The molecule has 0 bridgehead atoms. The van der Waals surface area contributed by atoms with Gasteiger partial charge in [-0.2, -0.15) is 13.2 Å². The Kier molecular flexibility index (Phi) is 5.30. The van der Waals surface area contributed by atoms with Crippen molar-refractivity contribution < 1.29 is 27.5 Å². The number of alkyl halides is 3. The first-order chi connectivity index (χ1) is 11.2. The summed E-state index contributed by atoms with van der Waals surface area (Å²) < 4.78 is 40.8. The summed E-state index contributed by atoms with van der Waals surface area (Å²) in [6.07, 6.45) is -1.99. The number of rotatable bonds is 4. The molecule has 0 aliphatic carbocycles. The normalized spacial score (nSPS) is 17.7. The topological polar surface area (TPSA) is 62.7 Å². The van der Waals surface area contributed by atoms with Gasteiger partial charge < -0.3 is 14.5 Å². The van der Waals surface area contributed by atoms with Crippen molar-refractivity contribution in [3.8, 4) is 5.88 Å². The van der Waals surface area contributed by atoms with Crippen LogP contribution < -0.4 is 4.74 Å². The maximum absolute atomic E-state index is 12.5. The number of hydrogen-bond donors (Lipinski definition) is 0. The number of ether oxygens (including phenoxy) is 1. The van der Waals surface area contributed by atoms with Crippen LogP contribution in [0.3, 0.4) is 0 Å². The van der Waals surface area contributed by atoms with Gasteiger partial charge in [-0.05, 0) is 18.9 Å². The van der Waals surface area contributed by atoms with E-state index in [1.807, 2.05) is 0 Å². The van der Waals surface area contributed by atoms with Gasteiger partial charge in [-0.25, -0.2) is 4.98 Å². The Morgan fingerprint density at radius 1 is 1.38 bits per heavy atom. The van der Waals surface area contributed by atoms with Crippen LogP contribution in [0, 0.1) is 0 Å². The summed E-state index contributed by atoms with van der Waals surface area (Å²) in [6, 6.07) is 2.03. The molecular weight excluding hydrogens is 327 g/mol. The van der Waals surface area contributed by atoms with Gasteiger partial charge in [-0.3, -0.25) is 9.59 Å². The van der Waals surface area contributed by atoms with Gasteiger partial charge in [-0.15, -0.1) is 0 Å². The highest BCUT2D eigenvalue weighted by molar-refractivity contribution is 5.97. The minimum Gasteiger partial charge on any atom is -0.468 e. The van der Waals surface area contributed by atoms with Gasteiger partial charge in [0.25, 0.3) is 5.91 Å². The lowest BCUT2D eigenvalue weighted by Gasteiger charge is -2.26. The summed E-state index contributed by atoms with van der Waals surface area (Å²) in [5.41, 5.74) is 0.202. The fraction of sp³-hybridized carbons (Fsp3) is 0.533. The lowest BCUT2D eigenvalue weighted by molar-refractivity contribution is -0.154. The van der Waals surface area contributed by atoms with Gasteiger partial charge in [0.05, 0.1) is 5.56 Å². The molecule has 1 fully saturated rings. The zero-order valence-corrected chi connectivity index (χ0v) is 13.3.